The van der Waals surface area contributed by atoms with E-state index in [1.54, 1.807) is 12.1 Å². The van der Waals surface area contributed by atoms with E-state index in [9.17, 15) is 29.4 Å². The SMILES string of the molecule is CC(=O)C1=S=C(c2cc(CC(=O)O)c(-c3ccc(-c4sc(-c5ccc(C(C)=O)s5)cc4CC(=O)O)s3)s2)C=C1. The van der Waals surface area contributed by atoms with Crippen molar-refractivity contribution in [2.75, 3.05) is 0 Å². The number of hydrogen-bond acceptors (Lipinski definition) is 8. The van der Waals surface area contributed by atoms with Gasteiger partial charge in [0.2, 0.25) is 0 Å². The summed E-state index contributed by atoms with van der Waals surface area (Å²) < 4.78 is 0. The molecule has 1 aliphatic heterocycles. The molecule has 0 aliphatic carbocycles. The van der Waals surface area contributed by atoms with Gasteiger partial charge in [-0.1, -0.05) is 0 Å². The van der Waals surface area contributed by atoms with Crippen LogP contribution in [0.3, 0.4) is 0 Å². The Morgan fingerprint density at radius 1 is 0.641 bits per heavy atom. The lowest BCUT2D eigenvalue weighted by Crippen LogP contribution is -2.00. The molecule has 0 spiro atoms. The van der Waals surface area contributed by atoms with E-state index in [-0.39, 0.29) is 24.4 Å². The van der Waals surface area contributed by atoms with Crippen molar-refractivity contribution in [3.05, 3.63) is 69.4 Å². The van der Waals surface area contributed by atoms with Crippen LogP contribution in [0.1, 0.15) is 39.5 Å². The van der Waals surface area contributed by atoms with Crippen molar-refractivity contribution in [3.63, 3.8) is 0 Å². The van der Waals surface area contributed by atoms with Crippen LogP contribution in [0, 0.1) is 0 Å². The van der Waals surface area contributed by atoms with Gasteiger partial charge in [-0.05, 0) is 73.5 Å². The summed E-state index contributed by atoms with van der Waals surface area (Å²) in [6, 6.07) is 11.3. The molecule has 39 heavy (non-hydrogen) atoms. The quantitative estimate of drug-likeness (QED) is 0.148. The monoisotopic (exact) mass is 612 g/mol. The van der Waals surface area contributed by atoms with Gasteiger partial charge in [-0.25, -0.2) is 0 Å². The molecule has 0 amide bonds. The molecule has 4 aromatic rings. The fourth-order valence-corrected chi connectivity index (χ4v) is 9.63. The highest BCUT2D eigenvalue weighted by Crippen LogP contribution is 2.46. The first-order chi connectivity index (χ1) is 18.6. The number of thiophene rings is 4. The highest BCUT2D eigenvalue weighted by Gasteiger charge is 2.21. The summed E-state index contributed by atoms with van der Waals surface area (Å²) in [5.74, 6) is -1.88. The van der Waals surface area contributed by atoms with Crippen molar-refractivity contribution in [1.82, 2.24) is 0 Å². The lowest BCUT2D eigenvalue weighted by atomic mass is 10.1. The number of ketones is 2. The Balaban J connectivity index is 1.56. The van der Waals surface area contributed by atoms with Gasteiger partial charge in [0.25, 0.3) is 0 Å². The van der Waals surface area contributed by atoms with Gasteiger partial charge in [0, 0.05) is 39.0 Å². The van der Waals surface area contributed by atoms with Gasteiger partial charge in [0.15, 0.2) is 11.6 Å². The number of carbonyl (C=O) groups is 4. The molecule has 0 bridgehead atoms. The van der Waals surface area contributed by atoms with E-state index in [2.05, 4.69) is 0 Å². The molecule has 4 aromatic heterocycles. The molecular formula is C28H20O6S5. The lowest BCUT2D eigenvalue weighted by Gasteiger charge is -1.99. The van der Waals surface area contributed by atoms with Crippen molar-refractivity contribution in [2.24, 2.45) is 0 Å². The molecule has 5 rings (SSSR count). The molecule has 0 saturated carbocycles. The molecule has 0 atom stereocenters. The molecule has 6 nitrogen and oxygen atoms in total. The third-order valence-electron chi connectivity index (χ3n) is 5.75. The van der Waals surface area contributed by atoms with Crippen LogP contribution in [0.4, 0.5) is 0 Å². The summed E-state index contributed by atoms with van der Waals surface area (Å²) in [5, 5.41) is 19.1. The minimum absolute atomic E-state index is 0.00997. The number of aliphatic carboxylic acids is 2. The number of allylic oxidation sites excluding steroid dienone is 2. The zero-order valence-electron chi connectivity index (χ0n) is 20.6. The molecule has 1 aliphatic rings. The van der Waals surface area contributed by atoms with Crippen LogP contribution < -0.4 is 0 Å². The first kappa shape index (κ1) is 27.4. The van der Waals surface area contributed by atoms with E-state index < -0.39 is 11.9 Å². The molecule has 5 heterocycles. The van der Waals surface area contributed by atoms with Crippen molar-refractivity contribution >= 4 is 89.5 Å². The summed E-state index contributed by atoms with van der Waals surface area (Å²) >= 11 is 5.86. The Morgan fingerprint density at radius 3 is 1.72 bits per heavy atom. The first-order valence-electron chi connectivity index (χ1n) is 11.6. The van der Waals surface area contributed by atoms with Crippen molar-refractivity contribution in [3.8, 4) is 29.3 Å². The van der Waals surface area contributed by atoms with Gasteiger partial charge in [-0.3, -0.25) is 19.2 Å². The Labute approximate surface area is 243 Å². The van der Waals surface area contributed by atoms with Gasteiger partial charge in [-0.15, -0.1) is 56.3 Å². The van der Waals surface area contributed by atoms with Crippen LogP contribution in [0.2, 0.25) is 0 Å². The van der Waals surface area contributed by atoms with E-state index in [4.69, 9.17) is 0 Å². The number of carboxylic acids is 2. The molecule has 0 unspecified atom stereocenters. The van der Waals surface area contributed by atoms with Gasteiger partial charge in [0.1, 0.15) is 0 Å². The molecule has 198 valence electrons. The zero-order valence-corrected chi connectivity index (χ0v) is 24.7. The van der Waals surface area contributed by atoms with E-state index >= 15 is 0 Å². The lowest BCUT2D eigenvalue weighted by molar-refractivity contribution is -0.137. The average Bonchev–Trinajstić information content (AvgIpc) is 3.67. The fourth-order valence-electron chi connectivity index (χ4n) is 4.01. The van der Waals surface area contributed by atoms with Crippen LogP contribution in [-0.2, 0) is 27.2 Å². The molecule has 2 N–H and O–H groups in total. The van der Waals surface area contributed by atoms with Gasteiger partial charge in [0.05, 0.1) is 22.6 Å². The molecule has 11 heteroatoms. The predicted molar refractivity (Wildman–Crippen MR) is 163 cm³/mol. The van der Waals surface area contributed by atoms with E-state index in [1.165, 1.54) is 70.1 Å². The Bertz CT molecular complexity index is 1770. The number of carbonyl (C=O) groups excluding carboxylic acids is 2. The second-order valence-electron chi connectivity index (χ2n) is 8.68. The predicted octanol–water partition coefficient (Wildman–Crippen LogP) is 6.98. The second-order valence-corrected chi connectivity index (χ2v) is 14.0. The summed E-state index contributed by atoms with van der Waals surface area (Å²) in [4.78, 5) is 55.2. The topological polar surface area (TPSA) is 109 Å². The standard InChI is InChI=1S/C28H20O6S5/c1-13(29)17-3-5-19(35-17)23-9-15(11-25(31)32)27(38-23)21-7-8-22(37-21)28-16(12-26(33)34)10-24(39-28)20-6-4-18(36-20)14(2)30/h3-10H,11-12H2,1-2H3,(H,31,32)(H,33,34). The summed E-state index contributed by atoms with van der Waals surface area (Å²) in [6.45, 7) is 3.04. The average molecular weight is 613 g/mol. The van der Waals surface area contributed by atoms with E-state index in [1.807, 2.05) is 36.4 Å². The molecular weight excluding hydrogens is 593 g/mol. The van der Waals surface area contributed by atoms with Crippen molar-refractivity contribution < 1.29 is 29.4 Å². The minimum atomic E-state index is -0.930. The number of carboxylic acid groups (broad SMARTS) is 2. The van der Waals surface area contributed by atoms with Crippen LogP contribution >= 0.6 is 56.3 Å². The highest BCUT2D eigenvalue weighted by molar-refractivity contribution is 8.01. The Hall–Kier alpha value is -3.22. The van der Waals surface area contributed by atoms with Crippen LogP contribution in [0.15, 0.2) is 48.6 Å². The van der Waals surface area contributed by atoms with Gasteiger partial charge >= 0.3 is 11.9 Å². The highest BCUT2D eigenvalue weighted by atomic mass is 32.1. The first-order valence-corrected chi connectivity index (χ1v) is 15.7. The normalized spacial score (nSPS) is 12.7. The number of hydrogen-bond donors (Lipinski definition) is 2. The van der Waals surface area contributed by atoms with Crippen LogP contribution in [0.25, 0.3) is 29.3 Å². The van der Waals surface area contributed by atoms with Crippen LogP contribution in [-0.4, -0.2) is 43.4 Å². The maximum Gasteiger partial charge on any atom is 0.307 e. The molecule has 0 fully saturated rings. The van der Waals surface area contributed by atoms with E-state index in [0.717, 1.165) is 39.0 Å². The summed E-state index contributed by atoms with van der Waals surface area (Å²) in [6.07, 6.45) is 3.41. The maximum absolute atomic E-state index is 11.8. The summed E-state index contributed by atoms with van der Waals surface area (Å²) in [7, 11) is 1.39. The smallest absolute Gasteiger partial charge is 0.307 e. The van der Waals surface area contributed by atoms with Gasteiger partial charge in [-0.2, -0.15) is 0 Å². The molecule has 0 saturated heterocycles. The van der Waals surface area contributed by atoms with Crippen molar-refractivity contribution in [1.29, 1.82) is 0 Å². The third-order valence-corrected chi connectivity index (χ3v) is 12.3. The van der Waals surface area contributed by atoms with Crippen molar-refractivity contribution in [2.45, 2.75) is 26.7 Å². The second kappa shape index (κ2) is 11.1. The molecule has 0 aromatic carbocycles. The van der Waals surface area contributed by atoms with Crippen LogP contribution in [0.5, 0.6) is 0 Å². The number of rotatable bonds is 10. The Morgan fingerprint density at radius 2 is 1.21 bits per heavy atom. The molecule has 0 radical (unpaired) electrons. The van der Waals surface area contributed by atoms with E-state index in [0.29, 0.717) is 20.9 Å². The number of Topliss-reactive ketones (excluding diaryl/α,β-unsaturated/α-hetero) is 2. The maximum atomic E-state index is 11.8. The Kier molecular flexibility index (Phi) is 7.79. The summed E-state index contributed by atoms with van der Waals surface area (Å²) in [5.41, 5.74) is 1.39. The fraction of sp³-hybridized carbons (Fsp3) is 0.143. The van der Waals surface area contributed by atoms with Gasteiger partial charge < -0.3 is 10.2 Å². The minimum Gasteiger partial charge on any atom is -0.481 e. The largest absolute Gasteiger partial charge is 0.481 e. The third kappa shape index (κ3) is 5.87. The zero-order chi connectivity index (χ0) is 27.8.